The van der Waals surface area contributed by atoms with E-state index in [-0.39, 0.29) is 6.04 Å². The van der Waals surface area contributed by atoms with Gasteiger partial charge in [-0.15, -0.1) is 0 Å². The van der Waals surface area contributed by atoms with Crippen LogP contribution in [0.5, 0.6) is 0 Å². The molecular formula is C12H13BrN4O. The molecule has 0 bridgehead atoms. The fourth-order valence-electron chi connectivity index (χ4n) is 2.29. The Bertz CT molecular complexity index is 557. The zero-order chi connectivity index (χ0) is 12.5. The maximum atomic E-state index is 5.89. The van der Waals surface area contributed by atoms with E-state index in [0.717, 1.165) is 29.3 Å². The molecule has 5 nitrogen and oxygen atoms in total. The van der Waals surface area contributed by atoms with Crippen LogP contribution in [0.2, 0.25) is 0 Å². The van der Waals surface area contributed by atoms with Crippen LogP contribution in [0.4, 0.5) is 0 Å². The molecule has 1 saturated carbocycles. The lowest BCUT2D eigenvalue weighted by molar-refractivity contribution is 0.353. The quantitative estimate of drug-likeness (QED) is 0.922. The second kappa shape index (κ2) is 4.78. The molecular weight excluding hydrogens is 296 g/mol. The van der Waals surface area contributed by atoms with Crippen molar-refractivity contribution in [2.24, 2.45) is 5.73 Å². The van der Waals surface area contributed by atoms with Gasteiger partial charge in [0.15, 0.2) is 0 Å². The van der Waals surface area contributed by atoms with Crippen LogP contribution in [0.3, 0.4) is 0 Å². The van der Waals surface area contributed by atoms with Gasteiger partial charge in [0.05, 0.1) is 0 Å². The topological polar surface area (TPSA) is 77.8 Å². The van der Waals surface area contributed by atoms with E-state index in [2.05, 4.69) is 31.1 Å². The minimum atomic E-state index is 0.262. The van der Waals surface area contributed by atoms with Crippen LogP contribution >= 0.6 is 15.9 Å². The number of hydrogen-bond donors (Lipinski definition) is 1. The number of halogens is 1. The van der Waals surface area contributed by atoms with Crippen molar-refractivity contribution in [1.82, 2.24) is 15.1 Å². The molecule has 2 unspecified atom stereocenters. The van der Waals surface area contributed by atoms with Gasteiger partial charge in [0.25, 0.3) is 0 Å². The van der Waals surface area contributed by atoms with Crippen molar-refractivity contribution in [3.63, 3.8) is 0 Å². The summed E-state index contributed by atoms with van der Waals surface area (Å²) < 4.78 is 6.23. The lowest BCUT2D eigenvalue weighted by Crippen LogP contribution is -2.14. The van der Waals surface area contributed by atoms with Crippen molar-refractivity contribution in [3.05, 3.63) is 28.8 Å². The maximum absolute atomic E-state index is 5.89. The molecule has 2 N–H and O–H groups in total. The number of pyridine rings is 1. The Hall–Kier alpha value is -1.27. The lowest BCUT2D eigenvalue weighted by atomic mass is 10.1. The van der Waals surface area contributed by atoms with Gasteiger partial charge in [0, 0.05) is 34.4 Å². The van der Waals surface area contributed by atoms with Crippen molar-refractivity contribution in [1.29, 1.82) is 0 Å². The Morgan fingerprint density at radius 1 is 1.33 bits per heavy atom. The van der Waals surface area contributed by atoms with Gasteiger partial charge in [-0.1, -0.05) is 5.16 Å². The molecule has 0 aliphatic heterocycles. The Labute approximate surface area is 113 Å². The SMILES string of the molecule is NC1CCC(c2nc(-c3cncc(Br)c3)no2)C1. The van der Waals surface area contributed by atoms with Crippen molar-refractivity contribution in [3.8, 4) is 11.4 Å². The van der Waals surface area contributed by atoms with E-state index < -0.39 is 0 Å². The van der Waals surface area contributed by atoms with Gasteiger partial charge in [0.1, 0.15) is 0 Å². The van der Waals surface area contributed by atoms with E-state index in [1.165, 1.54) is 0 Å². The third kappa shape index (κ3) is 2.30. The number of rotatable bonds is 2. The van der Waals surface area contributed by atoms with E-state index in [1.807, 2.05) is 6.07 Å². The minimum absolute atomic E-state index is 0.262. The monoisotopic (exact) mass is 308 g/mol. The smallest absolute Gasteiger partial charge is 0.230 e. The summed E-state index contributed by atoms with van der Waals surface area (Å²) in [6, 6.07) is 2.18. The van der Waals surface area contributed by atoms with Crippen LogP contribution in [0, 0.1) is 0 Å². The fourth-order valence-corrected chi connectivity index (χ4v) is 2.66. The van der Waals surface area contributed by atoms with Gasteiger partial charge in [0.2, 0.25) is 11.7 Å². The second-order valence-corrected chi connectivity index (χ2v) is 5.53. The largest absolute Gasteiger partial charge is 0.339 e. The van der Waals surface area contributed by atoms with Crippen LogP contribution in [0.1, 0.15) is 31.1 Å². The Balaban J connectivity index is 1.85. The summed E-state index contributed by atoms with van der Waals surface area (Å²) in [6.45, 7) is 0. The average molecular weight is 309 g/mol. The Morgan fingerprint density at radius 3 is 2.94 bits per heavy atom. The van der Waals surface area contributed by atoms with E-state index in [9.17, 15) is 0 Å². The average Bonchev–Trinajstić information content (AvgIpc) is 2.97. The summed E-state index contributed by atoms with van der Waals surface area (Å²) in [4.78, 5) is 8.53. The van der Waals surface area contributed by atoms with E-state index >= 15 is 0 Å². The van der Waals surface area contributed by atoms with Gasteiger partial charge in [-0.3, -0.25) is 4.98 Å². The molecule has 1 aliphatic carbocycles. The zero-order valence-corrected chi connectivity index (χ0v) is 11.3. The molecule has 0 spiro atoms. The van der Waals surface area contributed by atoms with Crippen molar-refractivity contribution in [2.75, 3.05) is 0 Å². The van der Waals surface area contributed by atoms with Crippen molar-refractivity contribution in [2.45, 2.75) is 31.2 Å². The molecule has 1 fully saturated rings. The molecule has 0 amide bonds. The molecule has 3 rings (SSSR count). The molecule has 2 aromatic rings. The Kier molecular flexibility index (Phi) is 3.13. The molecule has 0 aromatic carbocycles. The van der Waals surface area contributed by atoms with Crippen molar-refractivity contribution >= 4 is 15.9 Å². The highest BCUT2D eigenvalue weighted by molar-refractivity contribution is 9.10. The molecule has 18 heavy (non-hydrogen) atoms. The molecule has 1 aliphatic rings. The highest BCUT2D eigenvalue weighted by atomic mass is 79.9. The van der Waals surface area contributed by atoms with Gasteiger partial charge in [-0.25, -0.2) is 0 Å². The standard InChI is InChI=1S/C12H13BrN4O/c13-9-3-8(5-15-6-9)11-16-12(18-17-11)7-1-2-10(14)4-7/h3,5-7,10H,1-2,4,14H2. The Morgan fingerprint density at radius 2 is 2.22 bits per heavy atom. The molecule has 6 heteroatoms. The summed E-state index contributed by atoms with van der Waals surface area (Å²) in [5, 5.41) is 4.01. The lowest BCUT2D eigenvalue weighted by Gasteiger charge is -2.01. The zero-order valence-electron chi connectivity index (χ0n) is 9.71. The van der Waals surface area contributed by atoms with Crippen LogP contribution in [-0.2, 0) is 0 Å². The van der Waals surface area contributed by atoms with Crippen LogP contribution < -0.4 is 5.73 Å². The predicted octanol–water partition coefficient (Wildman–Crippen LogP) is 2.49. The van der Waals surface area contributed by atoms with Gasteiger partial charge in [-0.2, -0.15) is 4.98 Å². The third-order valence-electron chi connectivity index (χ3n) is 3.23. The van der Waals surface area contributed by atoms with Gasteiger partial charge < -0.3 is 10.3 Å². The van der Waals surface area contributed by atoms with E-state index in [4.69, 9.17) is 10.3 Å². The number of hydrogen-bond acceptors (Lipinski definition) is 5. The molecule has 2 atom stereocenters. The summed E-state index contributed by atoms with van der Waals surface area (Å²) in [5.41, 5.74) is 6.74. The first-order valence-electron chi connectivity index (χ1n) is 5.92. The van der Waals surface area contributed by atoms with Crippen LogP contribution in [0.15, 0.2) is 27.5 Å². The predicted molar refractivity (Wildman–Crippen MR) is 69.8 cm³/mol. The number of nitrogens with zero attached hydrogens (tertiary/aromatic N) is 3. The molecule has 94 valence electrons. The molecule has 0 saturated heterocycles. The third-order valence-corrected chi connectivity index (χ3v) is 3.66. The summed E-state index contributed by atoms with van der Waals surface area (Å²) in [7, 11) is 0. The van der Waals surface area contributed by atoms with E-state index in [0.29, 0.717) is 17.6 Å². The van der Waals surface area contributed by atoms with Gasteiger partial charge in [-0.05, 0) is 41.3 Å². The maximum Gasteiger partial charge on any atom is 0.230 e. The summed E-state index contributed by atoms with van der Waals surface area (Å²) in [6.07, 6.45) is 6.43. The first-order chi connectivity index (χ1) is 8.72. The molecule has 0 radical (unpaired) electrons. The number of aromatic nitrogens is 3. The highest BCUT2D eigenvalue weighted by Gasteiger charge is 2.28. The van der Waals surface area contributed by atoms with Crippen molar-refractivity contribution < 1.29 is 4.52 Å². The summed E-state index contributed by atoms with van der Waals surface area (Å²) in [5.74, 6) is 1.58. The minimum Gasteiger partial charge on any atom is -0.339 e. The van der Waals surface area contributed by atoms with Crippen LogP contribution in [-0.4, -0.2) is 21.2 Å². The highest BCUT2D eigenvalue weighted by Crippen LogP contribution is 2.33. The first kappa shape index (κ1) is 11.8. The molecule has 2 heterocycles. The normalized spacial score (nSPS) is 23.4. The second-order valence-electron chi connectivity index (χ2n) is 4.62. The first-order valence-corrected chi connectivity index (χ1v) is 6.72. The van der Waals surface area contributed by atoms with Crippen LogP contribution in [0.25, 0.3) is 11.4 Å². The van der Waals surface area contributed by atoms with E-state index in [1.54, 1.807) is 12.4 Å². The molecule has 2 aromatic heterocycles. The fraction of sp³-hybridized carbons (Fsp3) is 0.417. The van der Waals surface area contributed by atoms with Gasteiger partial charge >= 0.3 is 0 Å². The number of nitrogens with two attached hydrogens (primary N) is 1. The summed E-state index contributed by atoms with van der Waals surface area (Å²) >= 11 is 3.38.